The van der Waals surface area contributed by atoms with Crippen LogP contribution >= 0.6 is 25.1 Å². The molecule has 0 rings (SSSR count). The molecular weight excluding hydrogens is 180 g/mol. The summed E-state index contributed by atoms with van der Waals surface area (Å²) in [6.07, 6.45) is 6.41. The number of hydrogen-bond donors (Lipinski definition) is 0. The molecule has 0 atom stereocenters. The van der Waals surface area contributed by atoms with Gasteiger partial charge in [-0.25, -0.2) is 0 Å². The van der Waals surface area contributed by atoms with Gasteiger partial charge in [0.2, 0.25) is 5.24 Å². The van der Waals surface area contributed by atoms with Crippen LogP contribution in [-0.2, 0) is 4.79 Å². The lowest BCUT2D eigenvalue weighted by atomic mass is 10.1. The van der Waals surface area contributed by atoms with E-state index in [0.29, 0.717) is 6.42 Å². The number of rotatable bonds is 6. The van der Waals surface area contributed by atoms with Gasteiger partial charge < -0.3 is 0 Å². The van der Waals surface area contributed by atoms with Gasteiger partial charge in [-0.2, -0.15) is 13.5 Å². The van der Waals surface area contributed by atoms with Crippen LogP contribution in [0.4, 0.5) is 0 Å². The Bertz CT molecular complexity index is 96.1. The molecule has 0 spiro atoms. The molecule has 0 aromatic carbocycles. The maximum Gasteiger partial charge on any atom is 0.221 e. The SMILES string of the molecule is CCCCCCCC(=O)Cl.S. The maximum atomic E-state index is 10.2. The predicted molar refractivity (Wildman–Crippen MR) is 54.6 cm³/mol. The second-order valence-corrected chi connectivity index (χ2v) is 2.94. The van der Waals surface area contributed by atoms with Crippen molar-refractivity contribution in [1.29, 1.82) is 0 Å². The highest BCUT2D eigenvalue weighted by molar-refractivity contribution is 7.59. The summed E-state index contributed by atoms with van der Waals surface area (Å²) in [4.78, 5) is 10.2. The normalized spacial score (nSPS) is 8.91. The Morgan fingerprint density at radius 1 is 1.18 bits per heavy atom. The van der Waals surface area contributed by atoms with Crippen LogP contribution in [0.3, 0.4) is 0 Å². The largest absolute Gasteiger partial charge is 0.281 e. The van der Waals surface area contributed by atoms with E-state index in [2.05, 4.69) is 6.92 Å². The zero-order chi connectivity index (χ0) is 7.82. The number of unbranched alkanes of at least 4 members (excludes halogenated alkanes) is 4. The molecule has 11 heavy (non-hydrogen) atoms. The third-order valence-corrected chi connectivity index (χ3v) is 1.67. The van der Waals surface area contributed by atoms with Gasteiger partial charge in [-0.1, -0.05) is 32.6 Å². The first kappa shape index (κ1) is 13.9. The van der Waals surface area contributed by atoms with Crippen molar-refractivity contribution in [1.82, 2.24) is 0 Å². The molecule has 0 fully saturated rings. The van der Waals surface area contributed by atoms with Gasteiger partial charge >= 0.3 is 0 Å². The minimum Gasteiger partial charge on any atom is -0.281 e. The average molecular weight is 197 g/mol. The van der Waals surface area contributed by atoms with Crippen molar-refractivity contribution in [2.75, 3.05) is 0 Å². The summed E-state index contributed by atoms with van der Waals surface area (Å²) in [5, 5.41) is -0.198. The number of carbonyl (C=O) groups is 1. The molecule has 0 radical (unpaired) electrons. The molecule has 0 N–H and O–H groups in total. The monoisotopic (exact) mass is 196 g/mol. The summed E-state index contributed by atoms with van der Waals surface area (Å²) >= 11 is 5.15. The Kier molecular flexibility index (Phi) is 13.0. The topological polar surface area (TPSA) is 17.1 Å². The standard InChI is InChI=1S/C8H15ClO.H2S/c1-2-3-4-5-6-7-8(9)10;/h2-7H2,1H3;1H2. The lowest BCUT2D eigenvalue weighted by Gasteiger charge is -1.95. The second kappa shape index (κ2) is 10.3. The first-order valence-electron chi connectivity index (χ1n) is 3.95. The van der Waals surface area contributed by atoms with Gasteiger partial charge in [-0.15, -0.1) is 0 Å². The van der Waals surface area contributed by atoms with Gasteiger partial charge in [0.05, 0.1) is 0 Å². The molecule has 0 bridgehead atoms. The second-order valence-electron chi connectivity index (χ2n) is 2.52. The van der Waals surface area contributed by atoms with Crippen LogP contribution in [0.1, 0.15) is 45.4 Å². The van der Waals surface area contributed by atoms with E-state index in [0.717, 1.165) is 12.8 Å². The van der Waals surface area contributed by atoms with Gasteiger partial charge in [0.25, 0.3) is 0 Å². The third-order valence-electron chi connectivity index (χ3n) is 1.48. The summed E-state index contributed by atoms with van der Waals surface area (Å²) < 4.78 is 0. The molecule has 0 aliphatic rings. The smallest absolute Gasteiger partial charge is 0.221 e. The van der Waals surface area contributed by atoms with Gasteiger partial charge in [-0.3, -0.25) is 4.79 Å². The molecule has 1 nitrogen and oxygen atoms in total. The first-order valence-corrected chi connectivity index (χ1v) is 4.33. The molecule has 0 aromatic heterocycles. The van der Waals surface area contributed by atoms with E-state index in [1.807, 2.05) is 0 Å². The Hall–Kier alpha value is 0.310. The first-order chi connectivity index (χ1) is 4.77. The fourth-order valence-corrected chi connectivity index (χ4v) is 1.00. The van der Waals surface area contributed by atoms with Crippen LogP contribution in [0.2, 0.25) is 0 Å². The Balaban J connectivity index is 0. The van der Waals surface area contributed by atoms with E-state index < -0.39 is 0 Å². The molecule has 0 saturated heterocycles. The highest BCUT2D eigenvalue weighted by atomic mass is 35.5. The summed E-state index contributed by atoms with van der Waals surface area (Å²) in [6.45, 7) is 2.17. The molecule has 0 aliphatic heterocycles. The van der Waals surface area contributed by atoms with Crippen LogP contribution < -0.4 is 0 Å². The van der Waals surface area contributed by atoms with Crippen molar-refractivity contribution in [3.05, 3.63) is 0 Å². The van der Waals surface area contributed by atoms with Crippen molar-refractivity contribution in [2.45, 2.75) is 45.4 Å². The van der Waals surface area contributed by atoms with E-state index in [4.69, 9.17) is 11.6 Å². The van der Waals surface area contributed by atoms with Crippen LogP contribution in [0.25, 0.3) is 0 Å². The molecular formula is C8H17ClOS. The summed E-state index contributed by atoms with van der Waals surface area (Å²) in [7, 11) is 0. The fourth-order valence-electron chi connectivity index (χ4n) is 0.868. The van der Waals surface area contributed by atoms with E-state index in [1.54, 1.807) is 0 Å². The number of halogens is 1. The molecule has 0 heterocycles. The van der Waals surface area contributed by atoms with Gasteiger partial charge in [-0.05, 0) is 18.0 Å². The molecule has 0 amide bonds. The molecule has 3 heteroatoms. The fraction of sp³-hybridized carbons (Fsp3) is 0.875. The molecule has 0 aliphatic carbocycles. The van der Waals surface area contributed by atoms with Gasteiger partial charge in [0.15, 0.2) is 0 Å². The van der Waals surface area contributed by atoms with E-state index >= 15 is 0 Å². The van der Waals surface area contributed by atoms with Crippen LogP contribution in [0, 0.1) is 0 Å². The number of carbonyl (C=O) groups excluding carboxylic acids is 1. The predicted octanol–water partition coefficient (Wildman–Crippen LogP) is 3.23. The van der Waals surface area contributed by atoms with E-state index in [1.165, 1.54) is 19.3 Å². The van der Waals surface area contributed by atoms with Crippen LogP contribution in [0.5, 0.6) is 0 Å². The highest BCUT2D eigenvalue weighted by Gasteiger charge is 1.94. The van der Waals surface area contributed by atoms with Crippen molar-refractivity contribution in [3.63, 3.8) is 0 Å². The van der Waals surface area contributed by atoms with E-state index in [-0.39, 0.29) is 18.7 Å². The van der Waals surface area contributed by atoms with Crippen LogP contribution in [0.15, 0.2) is 0 Å². The number of hydrogen-bond acceptors (Lipinski definition) is 1. The van der Waals surface area contributed by atoms with Crippen molar-refractivity contribution >= 4 is 30.3 Å². The Labute approximate surface area is 81.0 Å². The zero-order valence-electron chi connectivity index (χ0n) is 7.03. The minimum atomic E-state index is -0.198. The molecule has 0 saturated carbocycles. The lowest BCUT2D eigenvalue weighted by Crippen LogP contribution is -1.85. The van der Waals surface area contributed by atoms with Crippen molar-refractivity contribution < 1.29 is 4.79 Å². The zero-order valence-corrected chi connectivity index (χ0v) is 8.78. The van der Waals surface area contributed by atoms with E-state index in [9.17, 15) is 4.79 Å². The van der Waals surface area contributed by atoms with Crippen LogP contribution in [-0.4, -0.2) is 5.24 Å². The van der Waals surface area contributed by atoms with Gasteiger partial charge in [0, 0.05) is 6.42 Å². The van der Waals surface area contributed by atoms with Gasteiger partial charge in [0.1, 0.15) is 0 Å². The maximum absolute atomic E-state index is 10.2. The Morgan fingerprint density at radius 3 is 2.18 bits per heavy atom. The minimum absolute atomic E-state index is 0. The summed E-state index contributed by atoms with van der Waals surface area (Å²) in [5.41, 5.74) is 0. The lowest BCUT2D eigenvalue weighted by molar-refractivity contribution is -0.111. The average Bonchev–Trinajstić information content (AvgIpc) is 1.87. The summed E-state index contributed by atoms with van der Waals surface area (Å²) in [5.74, 6) is 0. The molecule has 0 aromatic rings. The summed E-state index contributed by atoms with van der Waals surface area (Å²) in [6, 6.07) is 0. The Morgan fingerprint density at radius 2 is 1.73 bits per heavy atom. The third kappa shape index (κ3) is 13.3. The highest BCUT2D eigenvalue weighted by Crippen LogP contribution is 2.05. The molecule has 0 unspecified atom stereocenters. The van der Waals surface area contributed by atoms with Crippen molar-refractivity contribution in [2.24, 2.45) is 0 Å². The molecule has 68 valence electrons. The van der Waals surface area contributed by atoms with Crippen molar-refractivity contribution in [3.8, 4) is 0 Å². The quantitative estimate of drug-likeness (QED) is 0.471.